The van der Waals surface area contributed by atoms with Gasteiger partial charge in [0, 0.05) is 6.04 Å². The lowest BCUT2D eigenvalue weighted by Gasteiger charge is -2.29. The van der Waals surface area contributed by atoms with Crippen molar-refractivity contribution in [3.63, 3.8) is 0 Å². The Hall–Kier alpha value is -1.33. The van der Waals surface area contributed by atoms with Crippen LogP contribution in [0, 0.1) is 11.2 Å². The molecular weight excluding hydrogens is 273 g/mol. The predicted octanol–water partition coefficient (Wildman–Crippen LogP) is 2.46. The van der Waals surface area contributed by atoms with Crippen LogP contribution < -0.4 is 10.5 Å². The molecule has 0 radical (unpaired) electrons. The van der Waals surface area contributed by atoms with Gasteiger partial charge in [0.15, 0.2) is 11.6 Å². The summed E-state index contributed by atoms with van der Waals surface area (Å²) >= 11 is 0. The van der Waals surface area contributed by atoms with Crippen molar-refractivity contribution in [2.75, 3.05) is 14.2 Å². The van der Waals surface area contributed by atoms with Gasteiger partial charge in [-0.05, 0) is 31.5 Å². The van der Waals surface area contributed by atoms with Crippen LogP contribution in [0.2, 0.25) is 0 Å². The third-order valence-corrected chi connectivity index (χ3v) is 3.02. The lowest BCUT2D eigenvalue weighted by molar-refractivity contribution is -0.152. The summed E-state index contributed by atoms with van der Waals surface area (Å²) in [4.78, 5) is 11.6. The van der Waals surface area contributed by atoms with E-state index < -0.39 is 23.2 Å². The van der Waals surface area contributed by atoms with Gasteiger partial charge >= 0.3 is 5.97 Å². The zero-order chi connectivity index (χ0) is 13.9. The first kappa shape index (κ1) is 17.7. The maximum Gasteiger partial charge on any atom is 0.313 e. The molecule has 1 aromatic rings. The Bertz CT molecular complexity index is 452. The molecule has 0 heterocycles. The number of rotatable bonds is 4. The normalized spacial score (nSPS) is 12.3. The van der Waals surface area contributed by atoms with Gasteiger partial charge in [-0.25, -0.2) is 4.39 Å². The van der Waals surface area contributed by atoms with E-state index >= 15 is 0 Å². The van der Waals surface area contributed by atoms with Crippen LogP contribution in [0.4, 0.5) is 4.39 Å². The molecule has 0 saturated carbocycles. The van der Waals surface area contributed by atoms with E-state index in [0.717, 1.165) is 0 Å². The zero-order valence-corrected chi connectivity index (χ0v) is 12.2. The van der Waals surface area contributed by atoms with Gasteiger partial charge in [-0.2, -0.15) is 0 Å². The zero-order valence-electron chi connectivity index (χ0n) is 11.4. The third kappa shape index (κ3) is 3.58. The molecule has 6 heteroatoms. The Morgan fingerprint density at radius 1 is 1.37 bits per heavy atom. The fraction of sp³-hybridized carbons (Fsp3) is 0.462. The lowest BCUT2D eigenvalue weighted by atomic mass is 9.81. The number of carbonyl (C=O) groups excluding carboxylic acids is 1. The number of carbonyl (C=O) groups is 1. The Morgan fingerprint density at radius 3 is 2.37 bits per heavy atom. The van der Waals surface area contributed by atoms with Crippen molar-refractivity contribution in [2.45, 2.75) is 19.9 Å². The first-order valence-corrected chi connectivity index (χ1v) is 5.52. The van der Waals surface area contributed by atoms with Gasteiger partial charge in [0.1, 0.15) is 0 Å². The minimum Gasteiger partial charge on any atom is -0.494 e. The number of benzene rings is 1. The summed E-state index contributed by atoms with van der Waals surface area (Å²) in [5.74, 6) is -0.806. The third-order valence-electron chi connectivity index (χ3n) is 3.02. The van der Waals surface area contributed by atoms with Gasteiger partial charge in [0.25, 0.3) is 0 Å². The van der Waals surface area contributed by atoms with E-state index in [0.29, 0.717) is 5.56 Å². The largest absolute Gasteiger partial charge is 0.494 e. The van der Waals surface area contributed by atoms with Crippen molar-refractivity contribution in [1.82, 2.24) is 0 Å². The van der Waals surface area contributed by atoms with E-state index in [9.17, 15) is 9.18 Å². The summed E-state index contributed by atoms with van der Waals surface area (Å²) in [6, 6.07) is 3.73. The Kier molecular flexibility index (Phi) is 6.25. The van der Waals surface area contributed by atoms with E-state index in [2.05, 4.69) is 0 Å². The highest BCUT2D eigenvalue weighted by Gasteiger charge is 2.36. The molecule has 1 atom stereocenters. The van der Waals surface area contributed by atoms with E-state index in [-0.39, 0.29) is 18.2 Å². The van der Waals surface area contributed by atoms with Gasteiger partial charge < -0.3 is 15.2 Å². The molecule has 0 unspecified atom stereocenters. The van der Waals surface area contributed by atoms with Crippen molar-refractivity contribution >= 4 is 18.4 Å². The summed E-state index contributed by atoms with van der Waals surface area (Å²) < 4.78 is 23.1. The van der Waals surface area contributed by atoms with Crippen LogP contribution in [0.1, 0.15) is 25.5 Å². The van der Waals surface area contributed by atoms with Gasteiger partial charge in [-0.15, -0.1) is 12.4 Å². The number of methoxy groups -OCH3 is 2. The molecule has 0 amide bonds. The second kappa shape index (κ2) is 6.73. The molecule has 0 spiro atoms. The standard InChI is InChI=1S/C13H18FNO3.ClH/c1-13(2,12(16)18-4)11(15)8-5-6-10(17-3)9(14)7-8;/h5-7,11H,15H2,1-4H3;1H/t11-;/m0./s1. The number of halogens is 2. The van der Waals surface area contributed by atoms with Gasteiger partial charge in [-0.3, -0.25) is 4.79 Å². The average molecular weight is 292 g/mol. The smallest absolute Gasteiger partial charge is 0.313 e. The highest BCUT2D eigenvalue weighted by molar-refractivity contribution is 5.85. The monoisotopic (exact) mass is 291 g/mol. The van der Waals surface area contributed by atoms with Gasteiger partial charge in [0.2, 0.25) is 0 Å². The molecule has 0 saturated heterocycles. The van der Waals surface area contributed by atoms with Gasteiger partial charge in [-0.1, -0.05) is 6.07 Å². The highest BCUT2D eigenvalue weighted by atomic mass is 35.5. The van der Waals surface area contributed by atoms with Crippen LogP contribution >= 0.6 is 12.4 Å². The maximum atomic E-state index is 13.6. The summed E-state index contributed by atoms with van der Waals surface area (Å²) in [6.07, 6.45) is 0. The molecule has 1 rings (SSSR count). The van der Waals surface area contributed by atoms with Crippen LogP contribution in [0.15, 0.2) is 18.2 Å². The van der Waals surface area contributed by atoms with Crippen molar-refractivity contribution < 1.29 is 18.7 Å². The number of esters is 1. The molecule has 0 aromatic heterocycles. The number of hydrogen-bond acceptors (Lipinski definition) is 4. The van der Waals surface area contributed by atoms with E-state index in [4.69, 9.17) is 15.2 Å². The van der Waals surface area contributed by atoms with E-state index in [1.807, 2.05) is 0 Å². The molecule has 1 aromatic carbocycles. The molecule has 0 aliphatic carbocycles. The lowest BCUT2D eigenvalue weighted by Crippen LogP contribution is -2.37. The number of nitrogens with two attached hydrogens (primary N) is 1. The van der Waals surface area contributed by atoms with Crippen molar-refractivity contribution in [1.29, 1.82) is 0 Å². The van der Waals surface area contributed by atoms with Crippen LogP contribution in [0.3, 0.4) is 0 Å². The summed E-state index contributed by atoms with van der Waals surface area (Å²) in [6.45, 7) is 3.32. The van der Waals surface area contributed by atoms with Crippen LogP contribution in [-0.2, 0) is 9.53 Å². The minimum absolute atomic E-state index is 0. The van der Waals surface area contributed by atoms with Crippen LogP contribution in [0.25, 0.3) is 0 Å². The molecule has 0 bridgehead atoms. The summed E-state index contributed by atoms with van der Waals surface area (Å²) in [5.41, 5.74) is 5.58. The van der Waals surface area contributed by atoms with E-state index in [1.54, 1.807) is 19.9 Å². The van der Waals surface area contributed by atoms with Crippen molar-refractivity contribution in [2.24, 2.45) is 11.1 Å². The molecular formula is C13H19ClFNO3. The SMILES string of the molecule is COC(=O)C(C)(C)[C@@H](N)c1ccc(OC)c(F)c1.Cl. The van der Waals surface area contributed by atoms with Crippen molar-refractivity contribution in [3.8, 4) is 5.75 Å². The average Bonchev–Trinajstić information content (AvgIpc) is 2.36. The first-order chi connectivity index (χ1) is 8.34. The van der Waals surface area contributed by atoms with Crippen molar-refractivity contribution in [3.05, 3.63) is 29.6 Å². The first-order valence-electron chi connectivity index (χ1n) is 5.52. The highest BCUT2D eigenvalue weighted by Crippen LogP contribution is 2.33. The maximum absolute atomic E-state index is 13.6. The molecule has 108 valence electrons. The molecule has 0 aliphatic heterocycles. The predicted molar refractivity (Wildman–Crippen MR) is 72.9 cm³/mol. The van der Waals surface area contributed by atoms with Crippen LogP contribution in [0.5, 0.6) is 5.75 Å². The second-order valence-electron chi connectivity index (χ2n) is 4.58. The Morgan fingerprint density at radius 2 is 1.95 bits per heavy atom. The van der Waals surface area contributed by atoms with Gasteiger partial charge in [0.05, 0.1) is 19.6 Å². The Labute approximate surface area is 118 Å². The quantitative estimate of drug-likeness (QED) is 0.866. The fourth-order valence-electron chi connectivity index (χ4n) is 1.68. The molecule has 19 heavy (non-hydrogen) atoms. The number of hydrogen-bond donors (Lipinski definition) is 1. The second-order valence-corrected chi connectivity index (χ2v) is 4.58. The topological polar surface area (TPSA) is 61.5 Å². The molecule has 0 aliphatic rings. The molecule has 2 N–H and O–H groups in total. The molecule has 4 nitrogen and oxygen atoms in total. The Balaban J connectivity index is 0.00000324. The van der Waals surface area contributed by atoms with Crippen LogP contribution in [-0.4, -0.2) is 20.2 Å². The van der Waals surface area contributed by atoms with E-state index in [1.165, 1.54) is 26.4 Å². The summed E-state index contributed by atoms with van der Waals surface area (Å²) in [5, 5.41) is 0. The summed E-state index contributed by atoms with van der Waals surface area (Å²) in [7, 11) is 2.68. The minimum atomic E-state index is -0.935. The number of ether oxygens (including phenoxy) is 2. The molecule has 0 fully saturated rings. The fourth-order valence-corrected chi connectivity index (χ4v) is 1.68.